The molecule has 0 saturated heterocycles. The SMILES string of the molecule is CCn1c(-c2ccc3c(c2)CNC3)nc2cc(Br)ccc21. The zero-order valence-electron chi connectivity index (χ0n) is 11.9. The van der Waals surface area contributed by atoms with Gasteiger partial charge in [0.25, 0.3) is 0 Å². The number of benzene rings is 2. The van der Waals surface area contributed by atoms with E-state index < -0.39 is 0 Å². The smallest absolute Gasteiger partial charge is 0.141 e. The van der Waals surface area contributed by atoms with Gasteiger partial charge in [-0.25, -0.2) is 4.98 Å². The fraction of sp³-hybridized carbons (Fsp3) is 0.235. The Kier molecular flexibility index (Phi) is 3.08. The molecule has 1 aliphatic heterocycles. The van der Waals surface area contributed by atoms with Crippen molar-refractivity contribution in [3.63, 3.8) is 0 Å². The lowest BCUT2D eigenvalue weighted by Crippen LogP contribution is -2.00. The van der Waals surface area contributed by atoms with Crippen LogP contribution in [0.1, 0.15) is 18.1 Å². The Hall–Kier alpha value is -1.65. The van der Waals surface area contributed by atoms with Gasteiger partial charge in [-0.3, -0.25) is 0 Å². The maximum absolute atomic E-state index is 4.85. The topological polar surface area (TPSA) is 29.9 Å². The summed E-state index contributed by atoms with van der Waals surface area (Å²) < 4.78 is 3.35. The number of hydrogen-bond donors (Lipinski definition) is 1. The molecule has 1 aliphatic rings. The van der Waals surface area contributed by atoms with Gasteiger partial charge in [-0.1, -0.05) is 28.1 Å². The van der Waals surface area contributed by atoms with E-state index in [0.29, 0.717) is 0 Å². The molecule has 0 unspecified atom stereocenters. The second kappa shape index (κ2) is 4.97. The predicted molar refractivity (Wildman–Crippen MR) is 89.1 cm³/mol. The average molecular weight is 342 g/mol. The van der Waals surface area contributed by atoms with Crippen LogP contribution in [0.4, 0.5) is 0 Å². The number of fused-ring (bicyclic) bond motifs is 2. The Morgan fingerprint density at radius 1 is 1.14 bits per heavy atom. The van der Waals surface area contributed by atoms with Crippen LogP contribution in [-0.4, -0.2) is 9.55 Å². The normalized spacial score (nSPS) is 13.8. The molecule has 0 atom stereocenters. The highest BCUT2D eigenvalue weighted by Gasteiger charge is 2.15. The van der Waals surface area contributed by atoms with Gasteiger partial charge >= 0.3 is 0 Å². The zero-order chi connectivity index (χ0) is 14.4. The van der Waals surface area contributed by atoms with E-state index in [4.69, 9.17) is 4.98 Å². The number of nitrogens with zero attached hydrogens (tertiary/aromatic N) is 2. The van der Waals surface area contributed by atoms with E-state index in [1.807, 2.05) is 0 Å². The summed E-state index contributed by atoms with van der Waals surface area (Å²) in [4.78, 5) is 4.85. The zero-order valence-corrected chi connectivity index (χ0v) is 13.4. The second-order valence-electron chi connectivity index (χ2n) is 5.40. The van der Waals surface area contributed by atoms with Crippen LogP contribution in [0.15, 0.2) is 40.9 Å². The van der Waals surface area contributed by atoms with Crippen molar-refractivity contribution in [2.24, 2.45) is 0 Å². The van der Waals surface area contributed by atoms with Gasteiger partial charge in [-0.2, -0.15) is 0 Å². The third-order valence-corrected chi connectivity index (χ3v) is 4.62. The predicted octanol–water partition coefficient (Wildman–Crippen LogP) is 4.09. The Morgan fingerprint density at radius 2 is 2.00 bits per heavy atom. The average Bonchev–Trinajstić information content (AvgIpc) is 3.09. The largest absolute Gasteiger partial charge is 0.324 e. The minimum absolute atomic E-state index is 0.919. The van der Waals surface area contributed by atoms with Crippen LogP contribution in [0.3, 0.4) is 0 Å². The van der Waals surface area contributed by atoms with E-state index in [1.165, 1.54) is 22.2 Å². The molecule has 2 heterocycles. The van der Waals surface area contributed by atoms with Crippen LogP contribution in [0.2, 0.25) is 0 Å². The highest BCUT2D eigenvalue weighted by atomic mass is 79.9. The minimum atomic E-state index is 0.919. The first-order valence-corrected chi connectivity index (χ1v) is 8.04. The Labute approximate surface area is 132 Å². The molecule has 21 heavy (non-hydrogen) atoms. The number of aromatic nitrogens is 2. The highest BCUT2D eigenvalue weighted by molar-refractivity contribution is 9.10. The first-order chi connectivity index (χ1) is 10.3. The summed E-state index contributed by atoms with van der Waals surface area (Å²) in [5.74, 6) is 1.06. The van der Waals surface area contributed by atoms with Crippen molar-refractivity contribution in [1.29, 1.82) is 0 Å². The van der Waals surface area contributed by atoms with Crippen LogP contribution in [0, 0.1) is 0 Å². The van der Waals surface area contributed by atoms with Gasteiger partial charge < -0.3 is 9.88 Å². The third kappa shape index (κ3) is 2.10. The molecular formula is C17H16BrN3. The number of nitrogens with one attached hydrogen (secondary N) is 1. The van der Waals surface area contributed by atoms with Crippen LogP contribution < -0.4 is 5.32 Å². The fourth-order valence-corrected chi connectivity index (χ4v) is 3.43. The van der Waals surface area contributed by atoms with Gasteiger partial charge in [0.1, 0.15) is 5.82 Å². The van der Waals surface area contributed by atoms with Crippen LogP contribution >= 0.6 is 15.9 Å². The Bertz CT molecular complexity index is 835. The molecule has 4 heteroatoms. The van der Waals surface area contributed by atoms with Gasteiger partial charge in [-0.15, -0.1) is 0 Å². The summed E-state index contributed by atoms with van der Waals surface area (Å²) in [7, 11) is 0. The summed E-state index contributed by atoms with van der Waals surface area (Å²) in [6, 6.07) is 13.0. The summed E-state index contributed by atoms with van der Waals surface area (Å²) in [6.45, 7) is 5.03. The van der Waals surface area contributed by atoms with Crippen molar-refractivity contribution in [2.45, 2.75) is 26.6 Å². The van der Waals surface area contributed by atoms with E-state index in [1.54, 1.807) is 0 Å². The van der Waals surface area contributed by atoms with Crippen molar-refractivity contribution in [3.8, 4) is 11.4 Å². The summed E-state index contributed by atoms with van der Waals surface area (Å²) in [6.07, 6.45) is 0. The number of hydrogen-bond acceptors (Lipinski definition) is 2. The van der Waals surface area contributed by atoms with E-state index in [-0.39, 0.29) is 0 Å². The second-order valence-corrected chi connectivity index (χ2v) is 6.32. The summed E-state index contributed by atoms with van der Waals surface area (Å²) >= 11 is 3.53. The molecule has 0 spiro atoms. The number of halogens is 1. The molecule has 0 radical (unpaired) electrons. The maximum Gasteiger partial charge on any atom is 0.141 e. The molecule has 1 aromatic heterocycles. The van der Waals surface area contributed by atoms with Gasteiger partial charge in [-0.05, 0) is 42.3 Å². The van der Waals surface area contributed by atoms with Crippen LogP contribution in [0.25, 0.3) is 22.4 Å². The molecule has 106 valence electrons. The molecule has 0 amide bonds. The van der Waals surface area contributed by atoms with Crippen molar-refractivity contribution in [3.05, 3.63) is 52.0 Å². The van der Waals surface area contributed by atoms with Crippen LogP contribution in [-0.2, 0) is 19.6 Å². The molecule has 0 bridgehead atoms. The standard InChI is InChI=1S/C17H16BrN3/c1-2-21-16-6-5-14(18)8-15(16)20-17(21)11-3-4-12-9-19-10-13(12)7-11/h3-8,19H,2,9-10H2,1H3. The summed E-state index contributed by atoms with van der Waals surface area (Å²) in [5, 5.41) is 3.40. The molecule has 4 rings (SSSR count). The molecule has 0 saturated carbocycles. The van der Waals surface area contributed by atoms with Gasteiger partial charge in [0, 0.05) is 29.7 Å². The molecule has 2 aromatic carbocycles. The van der Waals surface area contributed by atoms with Crippen LogP contribution in [0.5, 0.6) is 0 Å². The first-order valence-electron chi connectivity index (χ1n) is 7.25. The van der Waals surface area contributed by atoms with Crippen molar-refractivity contribution >= 4 is 27.0 Å². The van der Waals surface area contributed by atoms with Gasteiger partial charge in [0.2, 0.25) is 0 Å². The van der Waals surface area contributed by atoms with Crippen molar-refractivity contribution in [1.82, 2.24) is 14.9 Å². The number of aryl methyl sites for hydroxylation is 1. The molecule has 1 N–H and O–H groups in total. The lowest BCUT2D eigenvalue weighted by Gasteiger charge is -2.07. The minimum Gasteiger partial charge on any atom is -0.324 e. The fourth-order valence-electron chi connectivity index (χ4n) is 3.08. The maximum atomic E-state index is 4.85. The Morgan fingerprint density at radius 3 is 2.86 bits per heavy atom. The molecule has 3 aromatic rings. The molecular weight excluding hydrogens is 326 g/mol. The van der Waals surface area contributed by atoms with E-state index in [9.17, 15) is 0 Å². The van der Waals surface area contributed by atoms with E-state index in [2.05, 4.69) is 69.1 Å². The first kappa shape index (κ1) is 13.0. The number of imidazole rings is 1. The highest BCUT2D eigenvalue weighted by Crippen LogP contribution is 2.29. The lowest BCUT2D eigenvalue weighted by atomic mass is 10.1. The van der Waals surface area contributed by atoms with Crippen molar-refractivity contribution in [2.75, 3.05) is 0 Å². The number of rotatable bonds is 2. The third-order valence-electron chi connectivity index (χ3n) is 4.12. The lowest BCUT2D eigenvalue weighted by molar-refractivity contribution is 0.764. The summed E-state index contributed by atoms with van der Waals surface area (Å²) in [5.41, 5.74) is 6.23. The van der Waals surface area contributed by atoms with Crippen molar-refractivity contribution < 1.29 is 0 Å². The van der Waals surface area contributed by atoms with E-state index in [0.717, 1.165) is 35.4 Å². The van der Waals surface area contributed by atoms with Gasteiger partial charge in [0.05, 0.1) is 11.0 Å². The molecule has 3 nitrogen and oxygen atoms in total. The quantitative estimate of drug-likeness (QED) is 0.760. The molecule has 0 fully saturated rings. The Balaban J connectivity index is 1.93. The molecule has 0 aliphatic carbocycles. The van der Waals surface area contributed by atoms with Gasteiger partial charge in [0.15, 0.2) is 0 Å². The van der Waals surface area contributed by atoms with E-state index >= 15 is 0 Å². The monoisotopic (exact) mass is 341 g/mol.